The van der Waals surface area contributed by atoms with Gasteiger partial charge in [0.1, 0.15) is 0 Å². The van der Waals surface area contributed by atoms with Crippen LogP contribution in [0.3, 0.4) is 0 Å². The molecule has 0 N–H and O–H groups in total. The summed E-state index contributed by atoms with van der Waals surface area (Å²) in [5.74, 6) is 0.940. The van der Waals surface area contributed by atoms with Gasteiger partial charge in [-0.2, -0.15) is 0 Å². The van der Waals surface area contributed by atoms with Gasteiger partial charge in [0.25, 0.3) is 0 Å². The van der Waals surface area contributed by atoms with Crippen molar-refractivity contribution >= 4 is 22.0 Å². The van der Waals surface area contributed by atoms with Crippen LogP contribution in [0.15, 0.2) is 36.4 Å². The van der Waals surface area contributed by atoms with E-state index in [1.165, 1.54) is 48.8 Å². The zero-order valence-electron chi connectivity index (χ0n) is 12.3. The van der Waals surface area contributed by atoms with E-state index in [1.807, 2.05) is 0 Å². The van der Waals surface area contributed by atoms with Crippen molar-refractivity contribution in [1.29, 1.82) is 0 Å². The normalized spacial score (nSPS) is 17.3. The molecule has 0 radical (unpaired) electrons. The summed E-state index contributed by atoms with van der Waals surface area (Å²) < 4.78 is 1.56. The van der Waals surface area contributed by atoms with Gasteiger partial charge >= 0.3 is 131 Å². The van der Waals surface area contributed by atoms with Crippen LogP contribution < -0.4 is 4.24 Å². The zero-order valence-corrected chi connectivity index (χ0v) is 12.3. The van der Waals surface area contributed by atoms with E-state index in [1.54, 1.807) is 15.4 Å². The summed E-state index contributed by atoms with van der Waals surface area (Å²) in [6.07, 6.45) is 8.21. The molecule has 2 aliphatic rings. The molecular weight excluding hydrogens is 235 g/mol. The molecule has 1 fully saturated rings. The fraction of sp³-hybridized carbons (Fsp3) is 0.368. The molecule has 20 heavy (non-hydrogen) atoms. The number of fused-ring (bicyclic) bond motifs is 3. The summed E-state index contributed by atoms with van der Waals surface area (Å²) in [6, 6.07) is 13.7. The Kier molecular flexibility index (Phi) is 3.25. The Morgan fingerprint density at radius 1 is 0.950 bits per heavy atom. The van der Waals surface area contributed by atoms with Crippen LogP contribution >= 0.6 is 0 Å². The van der Waals surface area contributed by atoms with Gasteiger partial charge in [-0.25, -0.2) is 0 Å². The topological polar surface area (TPSA) is 0 Å². The molecule has 0 bridgehead atoms. The van der Waals surface area contributed by atoms with Gasteiger partial charge in [0.15, 0.2) is 0 Å². The monoisotopic (exact) mass is 254 g/mol. The Morgan fingerprint density at radius 3 is 2.60 bits per heavy atom. The third-order valence-electron chi connectivity index (χ3n) is 5.37. The Hall–Kier alpha value is -0.963. The maximum atomic E-state index is 2.40. The Labute approximate surface area is 130 Å². The van der Waals surface area contributed by atoms with Gasteiger partial charge in [0.05, 0.1) is 0 Å². The van der Waals surface area contributed by atoms with E-state index in [9.17, 15) is 0 Å². The molecule has 0 aromatic heterocycles. The maximum absolute atomic E-state index is 2.40. The molecule has 0 amide bonds. The van der Waals surface area contributed by atoms with Gasteiger partial charge in [-0.15, -0.1) is 0 Å². The quantitative estimate of drug-likeness (QED) is 0.610. The summed E-state index contributed by atoms with van der Waals surface area (Å²) in [6.45, 7) is 0. The van der Waals surface area contributed by atoms with Gasteiger partial charge in [-0.1, -0.05) is 0 Å². The number of hydrogen-bond donors (Lipinski definition) is 0. The van der Waals surface area contributed by atoms with Gasteiger partial charge in [0.2, 0.25) is 0 Å². The van der Waals surface area contributed by atoms with Crippen molar-refractivity contribution in [2.24, 2.45) is 5.92 Å². The first kappa shape index (κ1) is 12.8. The van der Waals surface area contributed by atoms with Crippen LogP contribution in [0.5, 0.6) is 0 Å². The van der Waals surface area contributed by atoms with Gasteiger partial charge in [0, 0.05) is 0 Å². The third-order valence-corrected chi connectivity index (χ3v) is 5.37. The van der Waals surface area contributed by atoms with Crippen LogP contribution in [0.1, 0.15) is 42.4 Å². The summed E-state index contributed by atoms with van der Waals surface area (Å²) in [5, 5.41) is 0. The Balaban J connectivity index is 1.71. The molecule has 96 valence electrons. The van der Waals surface area contributed by atoms with Crippen molar-refractivity contribution in [3.05, 3.63) is 53.1 Å². The molecule has 0 nitrogen and oxygen atoms in total. The molecule has 1 heteroatoms. The van der Waals surface area contributed by atoms with E-state index in [4.69, 9.17) is 0 Å². The number of benzene rings is 2. The predicted molar refractivity (Wildman–Crippen MR) is 85.7 cm³/mol. The second-order valence-corrected chi connectivity index (χ2v) is 6.56. The van der Waals surface area contributed by atoms with E-state index < -0.39 is 0 Å². The summed E-state index contributed by atoms with van der Waals surface area (Å²) in [5.41, 5.74) is 7.63. The zero-order chi connectivity index (χ0) is 13.5. The molecular formula is C19H19Li. The van der Waals surface area contributed by atoms with Crippen LogP contribution in [0.2, 0.25) is 0 Å². The van der Waals surface area contributed by atoms with E-state index in [2.05, 4.69) is 54.1 Å². The molecule has 2 aromatic carbocycles. The summed E-state index contributed by atoms with van der Waals surface area (Å²) >= 11 is 2.34. The third kappa shape index (κ3) is 2.07. The van der Waals surface area contributed by atoms with E-state index in [0.717, 1.165) is 12.3 Å². The van der Waals surface area contributed by atoms with Gasteiger partial charge in [-0.05, 0) is 0 Å². The SMILES string of the molecule is [Li][c]1c(CC2CCCC2)ccc2c1Cc1ccccc1-2. The minimum atomic E-state index is 0.940. The molecule has 4 rings (SSSR count). The van der Waals surface area contributed by atoms with Gasteiger partial charge < -0.3 is 0 Å². The Morgan fingerprint density at radius 2 is 1.75 bits per heavy atom. The molecule has 0 saturated heterocycles. The van der Waals surface area contributed by atoms with Crippen LogP contribution in [0.25, 0.3) is 11.1 Å². The second-order valence-electron chi connectivity index (χ2n) is 6.56. The molecule has 0 heterocycles. The number of hydrogen-bond acceptors (Lipinski definition) is 0. The van der Waals surface area contributed by atoms with Crippen LogP contribution in [-0.2, 0) is 12.8 Å². The molecule has 0 aliphatic heterocycles. The van der Waals surface area contributed by atoms with Crippen molar-refractivity contribution in [1.82, 2.24) is 0 Å². The van der Waals surface area contributed by atoms with Crippen molar-refractivity contribution in [3.63, 3.8) is 0 Å². The van der Waals surface area contributed by atoms with Crippen molar-refractivity contribution in [3.8, 4) is 11.1 Å². The average Bonchev–Trinajstić information content (AvgIpc) is 3.09. The number of rotatable bonds is 2. The summed E-state index contributed by atoms with van der Waals surface area (Å²) in [4.78, 5) is 0. The van der Waals surface area contributed by atoms with Crippen LogP contribution in [-0.4, -0.2) is 17.7 Å². The minimum absolute atomic E-state index is 0.940. The predicted octanol–water partition coefficient (Wildman–Crippen LogP) is 3.78. The van der Waals surface area contributed by atoms with Crippen LogP contribution in [0, 0.1) is 5.92 Å². The Bertz CT molecular complexity index is 651. The van der Waals surface area contributed by atoms with Crippen molar-refractivity contribution < 1.29 is 0 Å². The molecule has 0 spiro atoms. The fourth-order valence-electron chi connectivity index (χ4n) is 4.16. The molecule has 0 unspecified atom stereocenters. The summed E-state index contributed by atoms with van der Waals surface area (Å²) in [7, 11) is 0. The van der Waals surface area contributed by atoms with E-state index in [-0.39, 0.29) is 0 Å². The van der Waals surface area contributed by atoms with Crippen LogP contribution in [0.4, 0.5) is 0 Å². The first-order chi connectivity index (χ1) is 9.83. The van der Waals surface area contributed by atoms with E-state index >= 15 is 0 Å². The fourth-order valence-corrected chi connectivity index (χ4v) is 4.16. The first-order valence-electron chi connectivity index (χ1n) is 8.02. The standard InChI is InChI=1S/C19H19.Li/c1-2-6-14(5-1)11-15-9-10-19-17(12-15)13-16-7-3-4-8-18(16)19;/h3-4,7-10,14H,1-2,5-6,11,13H2;. The van der Waals surface area contributed by atoms with Crippen molar-refractivity contribution in [2.45, 2.75) is 38.5 Å². The average molecular weight is 254 g/mol. The molecule has 2 aromatic rings. The molecule has 2 aliphatic carbocycles. The van der Waals surface area contributed by atoms with E-state index in [0.29, 0.717) is 0 Å². The van der Waals surface area contributed by atoms with Gasteiger partial charge in [-0.3, -0.25) is 0 Å². The molecule has 0 atom stereocenters. The van der Waals surface area contributed by atoms with Crippen molar-refractivity contribution in [2.75, 3.05) is 0 Å². The first-order valence-corrected chi connectivity index (χ1v) is 8.02. The second kappa shape index (κ2) is 5.10. The molecule has 1 saturated carbocycles.